The first-order valence-electron chi connectivity index (χ1n) is 4.56. The second kappa shape index (κ2) is 4.12. The Kier molecular flexibility index (Phi) is 3.08. The number of nitrogens with two attached hydrogens (primary N) is 1. The molecule has 1 rings (SSSR count). The SMILES string of the molecule is CCOC(=O)c1c(C)nn(C(=N)N)c1C. The molecule has 3 N–H and O–H groups in total. The van der Waals surface area contributed by atoms with Gasteiger partial charge in [-0.05, 0) is 20.8 Å². The largest absolute Gasteiger partial charge is 0.462 e. The first-order chi connectivity index (χ1) is 6.99. The Morgan fingerprint density at radius 1 is 1.60 bits per heavy atom. The van der Waals surface area contributed by atoms with Crippen molar-refractivity contribution in [2.24, 2.45) is 5.73 Å². The molecule has 6 heteroatoms. The van der Waals surface area contributed by atoms with E-state index in [1.54, 1.807) is 20.8 Å². The number of esters is 1. The molecule has 0 fully saturated rings. The van der Waals surface area contributed by atoms with E-state index in [-0.39, 0.29) is 5.96 Å². The highest BCUT2D eigenvalue weighted by Crippen LogP contribution is 2.13. The third-order valence-corrected chi connectivity index (χ3v) is 2.00. The topological polar surface area (TPSA) is 94.0 Å². The maximum Gasteiger partial charge on any atom is 0.341 e. The zero-order valence-electron chi connectivity index (χ0n) is 9.00. The van der Waals surface area contributed by atoms with Crippen LogP contribution in [0.15, 0.2) is 0 Å². The molecule has 0 aromatic carbocycles. The zero-order valence-corrected chi connectivity index (χ0v) is 9.00. The van der Waals surface area contributed by atoms with Crippen LogP contribution in [0.5, 0.6) is 0 Å². The molecule has 1 aromatic rings. The standard InChI is InChI=1S/C9H14N4O2/c1-4-15-8(14)7-5(2)12-13(6(7)3)9(10)11/h4H2,1-3H3,(H3,10,11). The third-order valence-electron chi connectivity index (χ3n) is 2.00. The van der Waals surface area contributed by atoms with E-state index >= 15 is 0 Å². The van der Waals surface area contributed by atoms with Gasteiger partial charge in [0.15, 0.2) is 0 Å². The summed E-state index contributed by atoms with van der Waals surface area (Å²) in [6.07, 6.45) is 0. The highest BCUT2D eigenvalue weighted by atomic mass is 16.5. The van der Waals surface area contributed by atoms with Crippen LogP contribution in [-0.4, -0.2) is 28.3 Å². The molecule has 0 radical (unpaired) electrons. The molecule has 0 bridgehead atoms. The number of nitrogen functional groups attached to an aromatic ring is 1. The second-order valence-corrected chi connectivity index (χ2v) is 3.06. The number of rotatable bonds is 2. The quantitative estimate of drug-likeness (QED) is 0.420. The molecule has 0 aliphatic rings. The van der Waals surface area contributed by atoms with Gasteiger partial charge in [0.25, 0.3) is 0 Å². The van der Waals surface area contributed by atoms with E-state index in [2.05, 4.69) is 5.10 Å². The second-order valence-electron chi connectivity index (χ2n) is 3.06. The van der Waals surface area contributed by atoms with Crippen molar-refractivity contribution >= 4 is 11.9 Å². The number of ether oxygens (including phenoxy) is 1. The van der Waals surface area contributed by atoms with Crippen molar-refractivity contribution in [3.8, 4) is 0 Å². The van der Waals surface area contributed by atoms with Crippen molar-refractivity contribution < 1.29 is 9.53 Å². The maximum atomic E-state index is 11.5. The highest BCUT2D eigenvalue weighted by molar-refractivity contribution is 5.93. The number of nitrogens with zero attached hydrogens (tertiary/aromatic N) is 2. The van der Waals surface area contributed by atoms with E-state index in [0.29, 0.717) is 23.6 Å². The fraction of sp³-hybridized carbons (Fsp3) is 0.444. The van der Waals surface area contributed by atoms with Crippen molar-refractivity contribution in [1.82, 2.24) is 9.78 Å². The van der Waals surface area contributed by atoms with Crippen LogP contribution < -0.4 is 5.73 Å². The molecule has 0 amide bonds. The van der Waals surface area contributed by atoms with Crippen LogP contribution in [0.1, 0.15) is 28.7 Å². The van der Waals surface area contributed by atoms with Gasteiger partial charge in [-0.15, -0.1) is 0 Å². The van der Waals surface area contributed by atoms with Crippen LogP contribution in [0.2, 0.25) is 0 Å². The number of carbonyl (C=O) groups excluding carboxylic acids is 1. The highest BCUT2D eigenvalue weighted by Gasteiger charge is 2.20. The Balaban J connectivity index is 3.19. The molecular formula is C9H14N4O2. The smallest absolute Gasteiger partial charge is 0.341 e. The molecule has 6 nitrogen and oxygen atoms in total. The van der Waals surface area contributed by atoms with Crippen LogP contribution in [-0.2, 0) is 4.74 Å². The number of aromatic nitrogens is 2. The van der Waals surface area contributed by atoms with Gasteiger partial charge < -0.3 is 10.5 Å². The van der Waals surface area contributed by atoms with Crippen molar-refractivity contribution in [1.29, 1.82) is 5.41 Å². The minimum Gasteiger partial charge on any atom is -0.462 e. The van der Waals surface area contributed by atoms with Crippen molar-refractivity contribution in [3.63, 3.8) is 0 Å². The lowest BCUT2D eigenvalue weighted by Gasteiger charge is -2.02. The predicted molar refractivity (Wildman–Crippen MR) is 55.0 cm³/mol. The monoisotopic (exact) mass is 210 g/mol. The van der Waals surface area contributed by atoms with Gasteiger partial charge in [-0.2, -0.15) is 5.10 Å². The summed E-state index contributed by atoms with van der Waals surface area (Å²) in [7, 11) is 0. The van der Waals surface area contributed by atoms with Crippen LogP contribution in [0.4, 0.5) is 0 Å². The number of hydrogen-bond donors (Lipinski definition) is 2. The number of carbonyl (C=O) groups is 1. The van der Waals surface area contributed by atoms with E-state index in [1.165, 1.54) is 4.68 Å². The van der Waals surface area contributed by atoms with Gasteiger partial charge in [-0.25, -0.2) is 9.48 Å². The lowest BCUT2D eigenvalue weighted by atomic mass is 10.2. The van der Waals surface area contributed by atoms with Gasteiger partial charge in [0.05, 0.1) is 18.0 Å². The van der Waals surface area contributed by atoms with Gasteiger partial charge >= 0.3 is 5.97 Å². The normalized spacial score (nSPS) is 10.1. The van der Waals surface area contributed by atoms with Crippen LogP contribution in [0.25, 0.3) is 0 Å². The Morgan fingerprint density at radius 2 is 2.20 bits per heavy atom. The fourth-order valence-electron chi connectivity index (χ4n) is 1.38. The summed E-state index contributed by atoms with van der Waals surface area (Å²) in [5.74, 6) is -0.647. The molecule has 0 saturated carbocycles. The first kappa shape index (κ1) is 11.2. The molecule has 0 unspecified atom stereocenters. The van der Waals surface area contributed by atoms with Crippen LogP contribution in [0.3, 0.4) is 0 Å². The predicted octanol–water partition coefficient (Wildman–Crippen LogP) is 0.418. The van der Waals surface area contributed by atoms with E-state index in [1.807, 2.05) is 0 Å². The number of aryl methyl sites for hydroxylation is 1. The summed E-state index contributed by atoms with van der Waals surface area (Å²) >= 11 is 0. The van der Waals surface area contributed by atoms with Crippen molar-refractivity contribution in [2.75, 3.05) is 6.61 Å². The van der Waals surface area contributed by atoms with E-state index < -0.39 is 5.97 Å². The molecule has 1 heterocycles. The van der Waals surface area contributed by atoms with Gasteiger partial charge in [0, 0.05) is 0 Å². The Hall–Kier alpha value is -1.85. The fourth-order valence-corrected chi connectivity index (χ4v) is 1.38. The summed E-state index contributed by atoms with van der Waals surface area (Å²) in [6.45, 7) is 5.40. The van der Waals surface area contributed by atoms with Crippen LogP contribution >= 0.6 is 0 Å². The number of nitrogens with one attached hydrogen (secondary N) is 1. The van der Waals surface area contributed by atoms with Gasteiger partial charge in [0.2, 0.25) is 5.96 Å². The third kappa shape index (κ3) is 1.98. The van der Waals surface area contributed by atoms with E-state index in [9.17, 15) is 4.79 Å². The lowest BCUT2D eigenvalue weighted by molar-refractivity contribution is 0.0524. The molecule has 0 spiro atoms. The summed E-state index contributed by atoms with van der Waals surface area (Å²) in [6, 6.07) is 0. The van der Waals surface area contributed by atoms with Gasteiger partial charge in [0.1, 0.15) is 5.56 Å². The Bertz CT molecular complexity index is 408. The first-order valence-corrected chi connectivity index (χ1v) is 4.56. The molecule has 0 aliphatic carbocycles. The average Bonchev–Trinajstić information content (AvgIpc) is 2.42. The van der Waals surface area contributed by atoms with Crippen LogP contribution in [0, 0.1) is 19.3 Å². The van der Waals surface area contributed by atoms with E-state index in [0.717, 1.165) is 0 Å². The Labute approximate surface area is 87.5 Å². The average molecular weight is 210 g/mol. The van der Waals surface area contributed by atoms with Gasteiger partial charge in [-0.1, -0.05) is 0 Å². The molecule has 0 atom stereocenters. The van der Waals surface area contributed by atoms with Crippen molar-refractivity contribution in [2.45, 2.75) is 20.8 Å². The maximum absolute atomic E-state index is 11.5. The summed E-state index contributed by atoms with van der Waals surface area (Å²) in [4.78, 5) is 11.5. The van der Waals surface area contributed by atoms with Crippen molar-refractivity contribution in [3.05, 3.63) is 17.0 Å². The zero-order chi connectivity index (χ0) is 11.6. The summed E-state index contributed by atoms with van der Waals surface area (Å²) in [5, 5.41) is 11.2. The number of hydrogen-bond acceptors (Lipinski definition) is 4. The Morgan fingerprint density at radius 3 is 2.60 bits per heavy atom. The summed E-state index contributed by atoms with van der Waals surface area (Å²) in [5.41, 5.74) is 6.73. The lowest BCUT2D eigenvalue weighted by Crippen LogP contribution is -2.23. The molecule has 1 aromatic heterocycles. The molecule has 15 heavy (non-hydrogen) atoms. The molecule has 0 aliphatic heterocycles. The minimum atomic E-state index is -0.431. The molecule has 82 valence electrons. The van der Waals surface area contributed by atoms with Gasteiger partial charge in [-0.3, -0.25) is 5.41 Å². The minimum absolute atomic E-state index is 0.217. The summed E-state index contributed by atoms with van der Waals surface area (Å²) < 4.78 is 6.09. The molecular weight excluding hydrogens is 196 g/mol. The molecule has 0 saturated heterocycles. The van der Waals surface area contributed by atoms with E-state index in [4.69, 9.17) is 15.9 Å².